The van der Waals surface area contributed by atoms with Crippen LogP contribution in [0.1, 0.15) is 44.1 Å². The van der Waals surface area contributed by atoms with Gasteiger partial charge in [0.25, 0.3) is 0 Å². The third-order valence-electron chi connectivity index (χ3n) is 5.25. The molecular weight excluding hydrogens is 338 g/mol. The summed E-state index contributed by atoms with van der Waals surface area (Å²) in [6, 6.07) is 6.89. The zero-order valence-electron chi connectivity index (χ0n) is 14.8. The molecule has 6 heteroatoms. The average Bonchev–Trinajstić information content (AvgIpc) is 2.63. The van der Waals surface area contributed by atoms with Crippen molar-refractivity contribution in [1.29, 1.82) is 0 Å². The highest BCUT2D eigenvalue weighted by Crippen LogP contribution is 2.27. The minimum Gasteiger partial charge on any atom is -0.375 e. The molecule has 25 heavy (non-hydrogen) atoms. The highest BCUT2D eigenvalue weighted by Gasteiger charge is 2.33. The number of ether oxygens (including phenoxy) is 1. The number of hydrogen-bond donors (Lipinski definition) is 0. The molecule has 2 fully saturated rings. The smallest absolute Gasteiger partial charge is 0.243 e. The molecule has 1 aliphatic heterocycles. The largest absolute Gasteiger partial charge is 0.375 e. The Hall–Kier alpha value is -1.24. The Balaban J connectivity index is 1.64. The maximum atomic E-state index is 12.8. The van der Waals surface area contributed by atoms with Crippen molar-refractivity contribution < 1.29 is 17.9 Å². The van der Waals surface area contributed by atoms with Crippen molar-refractivity contribution >= 4 is 15.8 Å². The number of hydrogen-bond acceptors (Lipinski definition) is 4. The van der Waals surface area contributed by atoms with Crippen LogP contribution in [0.5, 0.6) is 0 Å². The van der Waals surface area contributed by atoms with Crippen LogP contribution in [0.4, 0.5) is 0 Å². The molecule has 0 N–H and O–H groups in total. The third-order valence-corrected chi connectivity index (χ3v) is 7.13. The molecule has 0 amide bonds. The van der Waals surface area contributed by atoms with E-state index in [1.165, 1.54) is 10.7 Å². The lowest BCUT2D eigenvalue weighted by atomic mass is 9.84. The molecule has 1 saturated heterocycles. The number of nitrogens with zero attached hydrogens (tertiary/aromatic N) is 1. The maximum Gasteiger partial charge on any atom is 0.243 e. The zero-order valence-corrected chi connectivity index (χ0v) is 15.6. The highest BCUT2D eigenvalue weighted by molar-refractivity contribution is 7.89. The fourth-order valence-electron chi connectivity index (χ4n) is 3.71. The summed E-state index contributed by atoms with van der Waals surface area (Å²) in [6.07, 6.45) is 5.39. The molecule has 1 saturated carbocycles. The van der Waals surface area contributed by atoms with Gasteiger partial charge >= 0.3 is 0 Å². The van der Waals surface area contributed by atoms with E-state index in [1.807, 2.05) is 6.92 Å². The highest BCUT2D eigenvalue weighted by atomic mass is 32.2. The normalized spacial score (nSPS) is 23.5. The summed E-state index contributed by atoms with van der Waals surface area (Å²) in [6.45, 7) is 2.87. The van der Waals surface area contributed by atoms with E-state index in [9.17, 15) is 13.2 Å². The summed E-state index contributed by atoms with van der Waals surface area (Å²) in [5.41, 5.74) is 1.02. The molecule has 3 rings (SSSR count). The Kier molecular flexibility index (Phi) is 5.92. The van der Waals surface area contributed by atoms with Crippen molar-refractivity contribution in [3.63, 3.8) is 0 Å². The minimum absolute atomic E-state index is 0.140. The predicted octanol–water partition coefficient (Wildman–Crippen LogP) is 2.92. The lowest BCUT2D eigenvalue weighted by Gasteiger charge is -2.32. The second-order valence-corrected chi connectivity index (χ2v) is 9.11. The number of ketones is 1. The van der Waals surface area contributed by atoms with Gasteiger partial charge in [0.05, 0.1) is 17.6 Å². The molecule has 1 aromatic rings. The van der Waals surface area contributed by atoms with E-state index >= 15 is 0 Å². The summed E-state index contributed by atoms with van der Waals surface area (Å²) < 4.78 is 32.8. The van der Waals surface area contributed by atoms with Crippen molar-refractivity contribution in [2.75, 3.05) is 19.7 Å². The molecule has 1 unspecified atom stereocenters. The average molecular weight is 365 g/mol. The molecule has 1 aromatic carbocycles. The number of rotatable bonds is 5. The van der Waals surface area contributed by atoms with Crippen LogP contribution >= 0.6 is 0 Å². The Morgan fingerprint density at radius 1 is 1.16 bits per heavy atom. The van der Waals surface area contributed by atoms with Crippen LogP contribution < -0.4 is 0 Å². The van der Waals surface area contributed by atoms with Gasteiger partial charge in [-0.3, -0.25) is 4.79 Å². The molecule has 2 aliphatic rings. The molecule has 138 valence electrons. The van der Waals surface area contributed by atoms with Gasteiger partial charge in [-0.25, -0.2) is 8.42 Å². The van der Waals surface area contributed by atoms with E-state index in [0.717, 1.165) is 31.2 Å². The number of sulfonamides is 1. The molecule has 0 spiro atoms. The second kappa shape index (κ2) is 7.98. The Bertz CT molecular complexity index is 693. The summed E-state index contributed by atoms with van der Waals surface area (Å²) >= 11 is 0. The second-order valence-electron chi connectivity index (χ2n) is 7.17. The van der Waals surface area contributed by atoms with E-state index in [1.54, 1.807) is 24.3 Å². The van der Waals surface area contributed by atoms with Crippen molar-refractivity contribution in [3.05, 3.63) is 29.8 Å². The lowest BCUT2D eigenvalue weighted by Crippen LogP contribution is -2.46. The number of aryl methyl sites for hydroxylation is 1. The van der Waals surface area contributed by atoms with Gasteiger partial charge < -0.3 is 4.74 Å². The first-order valence-electron chi connectivity index (χ1n) is 9.18. The molecule has 0 radical (unpaired) electrons. The molecule has 0 aromatic heterocycles. The van der Waals surface area contributed by atoms with Crippen LogP contribution in [0.3, 0.4) is 0 Å². The van der Waals surface area contributed by atoms with Crippen LogP contribution in [0, 0.1) is 12.8 Å². The molecule has 1 aliphatic carbocycles. The number of morpholine rings is 1. The molecule has 1 heterocycles. The number of carbonyl (C=O) groups is 1. The first-order valence-corrected chi connectivity index (χ1v) is 10.6. The van der Waals surface area contributed by atoms with Gasteiger partial charge in [0, 0.05) is 25.4 Å². The summed E-state index contributed by atoms with van der Waals surface area (Å²) in [7, 11) is -3.53. The first-order chi connectivity index (χ1) is 12.0. The zero-order chi connectivity index (χ0) is 17.9. The van der Waals surface area contributed by atoms with Crippen molar-refractivity contribution in [1.82, 2.24) is 4.31 Å². The van der Waals surface area contributed by atoms with Crippen LogP contribution in [0.2, 0.25) is 0 Å². The Labute approximate surface area is 150 Å². The third kappa shape index (κ3) is 4.49. The fourth-order valence-corrected chi connectivity index (χ4v) is 5.16. The Morgan fingerprint density at radius 3 is 2.52 bits per heavy atom. The number of benzene rings is 1. The van der Waals surface area contributed by atoms with Gasteiger partial charge in [0.1, 0.15) is 5.78 Å². The van der Waals surface area contributed by atoms with Crippen LogP contribution in [-0.4, -0.2) is 44.3 Å². The van der Waals surface area contributed by atoms with Gasteiger partial charge in [0.2, 0.25) is 10.0 Å². The maximum absolute atomic E-state index is 12.8. The van der Waals surface area contributed by atoms with Crippen molar-refractivity contribution in [3.8, 4) is 0 Å². The Morgan fingerprint density at radius 2 is 1.84 bits per heavy atom. The lowest BCUT2D eigenvalue weighted by molar-refractivity contribution is -0.127. The first kappa shape index (κ1) is 18.5. The number of Topliss-reactive ketones (excluding diaryl/α,β-unsaturated/α-hetero) is 1. The molecule has 0 bridgehead atoms. The SMILES string of the molecule is Cc1ccc(S(=O)(=O)N2CCOC(CC(=O)C3CCCCC3)C2)cc1. The van der Waals surface area contributed by atoms with Gasteiger partial charge in [-0.1, -0.05) is 37.0 Å². The van der Waals surface area contributed by atoms with Gasteiger partial charge in [-0.2, -0.15) is 4.31 Å². The standard InChI is InChI=1S/C19H27NO4S/c1-15-7-9-18(10-8-15)25(22,23)20-11-12-24-17(14-20)13-19(21)16-5-3-2-4-6-16/h7-10,16-17H,2-6,11-14H2,1H3. The minimum atomic E-state index is -3.53. The quantitative estimate of drug-likeness (QED) is 0.805. The van der Waals surface area contributed by atoms with E-state index in [-0.39, 0.29) is 24.3 Å². The number of carbonyl (C=O) groups excluding carboxylic acids is 1. The van der Waals surface area contributed by atoms with Crippen LogP contribution in [-0.2, 0) is 19.6 Å². The monoisotopic (exact) mass is 365 g/mol. The van der Waals surface area contributed by atoms with E-state index in [2.05, 4.69) is 0 Å². The van der Waals surface area contributed by atoms with Crippen LogP contribution in [0.15, 0.2) is 29.2 Å². The summed E-state index contributed by atoms with van der Waals surface area (Å²) in [5.74, 6) is 0.376. The molecular formula is C19H27NO4S. The van der Waals surface area contributed by atoms with Crippen LogP contribution in [0.25, 0.3) is 0 Å². The van der Waals surface area contributed by atoms with Crippen molar-refractivity contribution in [2.45, 2.75) is 56.4 Å². The van der Waals surface area contributed by atoms with Gasteiger partial charge in [-0.05, 0) is 31.9 Å². The predicted molar refractivity (Wildman–Crippen MR) is 95.9 cm³/mol. The molecule has 1 atom stereocenters. The summed E-state index contributed by atoms with van der Waals surface area (Å²) in [5, 5.41) is 0. The van der Waals surface area contributed by atoms with E-state index in [4.69, 9.17) is 4.74 Å². The van der Waals surface area contributed by atoms with E-state index < -0.39 is 10.0 Å². The topological polar surface area (TPSA) is 63.7 Å². The summed E-state index contributed by atoms with van der Waals surface area (Å²) in [4.78, 5) is 12.8. The van der Waals surface area contributed by atoms with Gasteiger partial charge in [0.15, 0.2) is 0 Å². The molecule has 5 nitrogen and oxygen atoms in total. The fraction of sp³-hybridized carbons (Fsp3) is 0.632. The van der Waals surface area contributed by atoms with Gasteiger partial charge in [-0.15, -0.1) is 0 Å². The van der Waals surface area contributed by atoms with Crippen molar-refractivity contribution in [2.24, 2.45) is 5.92 Å². The van der Waals surface area contributed by atoms with E-state index in [0.29, 0.717) is 24.5 Å².